The van der Waals surface area contributed by atoms with Gasteiger partial charge in [0.2, 0.25) is 0 Å². The maximum absolute atomic E-state index is 13.5. The van der Waals surface area contributed by atoms with Crippen molar-refractivity contribution in [3.8, 4) is 0 Å². The number of nitro groups is 2. The van der Waals surface area contributed by atoms with Crippen LogP contribution < -0.4 is 0 Å². The van der Waals surface area contributed by atoms with Gasteiger partial charge in [0, 0.05) is 23.8 Å². The largest absolute Gasteiger partial charge is 0.274 e. The van der Waals surface area contributed by atoms with Crippen LogP contribution >= 0.6 is 0 Å². The fraction of sp³-hybridized carbons (Fsp3) is 0.318. The summed E-state index contributed by atoms with van der Waals surface area (Å²) in [4.78, 5) is 61.2. The van der Waals surface area contributed by atoms with Crippen molar-refractivity contribution in [2.45, 2.75) is 32.2 Å². The van der Waals surface area contributed by atoms with Gasteiger partial charge in [-0.15, -0.1) is 0 Å². The minimum absolute atomic E-state index is 0.113. The van der Waals surface area contributed by atoms with E-state index in [9.17, 15) is 34.6 Å². The Hall–Kier alpha value is -4.15. The number of carbonyl (C=O) groups is 3. The van der Waals surface area contributed by atoms with Crippen LogP contribution in [-0.2, 0) is 16.1 Å². The maximum atomic E-state index is 13.5. The average Bonchev–Trinajstić information content (AvgIpc) is 3.07. The van der Waals surface area contributed by atoms with E-state index >= 15 is 0 Å². The summed E-state index contributed by atoms with van der Waals surface area (Å²) in [6, 6.07) is 10.6. The lowest BCUT2D eigenvalue weighted by Crippen LogP contribution is -2.49. The van der Waals surface area contributed by atoms with Crippen LogP contribution in [0.2, 0.25) is 0 Å². The van der Waals surface area contributed by atoms with E-state index in [2.05, 4.69) is 0 Å². The summed E-state index contributed by atoms with van der Waals surface area (Å²) in [6.07, 6.45) is 2.63. The molecule has 2 aromatic rings. The summed E-state index contributed by atoms with van der Waals surface area (Å²) in [5.74, 6) is -2.98. The molecule has 0 unspecified atom stereocenters. The topological polar surface area (TPSA) is 144 Å². The normalized spacial score (nSPS) is 19.8. The van der Waals surface area contributed by atoms with Crippen molar-refractivity contribution in [2.24, 2.45) is 11.8 Å². The van der Waals surface area contributed by atoms with E-state index < -0.39 is 45.9 Å². The number of fused-ring (bicyclic) bond motifs is 1. The molecule has 2 aliphatic rings. The van der Waals surface area contributed by atoms with Crippen LogP contribution in [0.25, 0.3) is 0 Å². The van der Waals surface area contributed by atoms with Crippen LogP contribution in [0.15, 0.2) is 48.5 Å². The number of rotatable bonds is 6. The maximum Gasteiger partial charge on any atom is 0.274 e. The minimum atomic E-state index is -0.836. The van der Waals surface area contributed by atoms with E-state index in [1.807, 2.05) is 0 Å². The number of hydrogen-bond donors (Lipinski definition) is 0. The van der Waals surface area contributed by atoms with Gasteiger partial charge in [0.15, 0.2) is 0 Å². The minimum Gasteiger partial charge on any atom is -0.272 e. The molecule has 11 heteroatoms. The van der Waals surface area contributed by atoms with E-state index in [-0.39, 0.29) is 22.5 Å². The monoisotopic (exact) mass is 452 g/mol. The Bertz CT molecular complexity index is 1140. The van der Waals surface area contributed by atoms with E-state index in [1.54, 1.807) is 6.07 Å². The zero-order chi connectivity index (χ0) is 23.7. The number of amides is 3. The highest BCUT2D eigenvalue weighted by Gasteiger charge is 2.51. The molecule has 3 amide bonds. The Kier molecular flexibility index (Phi) is 5.86. The van der Waals surface area contributed by atoms with Crippen molar-refractivity contribution in [2.75, 3.05) is 0 Å². The van der Waals surface area contributed by atoms with Crippen LogP contribution in [0.4, 0.5) is 11.4 Å². The molecule has 1 heterocycles. The highest BCUT2D eigenvalue weighted by atomic mass is 16.6. The summed E-state index contributed by atoms with van der Waals surface area (Å²) in [5, 5.41) is 24.3. The zero-order valence-corrected chi connectivity index (χ0v) is 17.5. The van der Waals surface area contributed by atoms with E-state index in [0.29, 0.717) is 12.8 Å². The lowest BCUT2D eigenvalue weighted by atomic mass is 9.81. The molecule has 2 aromatic carbocycles. The fourth-order valence-corrected chi connectivity index (χ4v) is 4.50. The highest BCUT2D eigenvalue weighted by Crippen LogP contribution is 2.39. The number of carbonyl (C=O) groups excluding carboxylic acids is 3. The van der Waals surface area contributed by atoms with Crippen molar-refractivity contribution >= 4 is 29.1 Å². The van der Waals surface area contributed by atoms with E-state index in [0.717, 1.165) is 28.9 Å². The highest BCUT2D eigenvalue weighted by molar-refractivity contribution is 6.07. The number of imide groups is 1. The molecular weight excluding hydrogens is 432 g/mol. The van der Waals surface area contributed by atoms with Crippen molar-refractivity contribution < 1.29 is 24.2 Å². The van der Waals surface area contributed by atoms with Crippen LogP contribution in [0.1, 0.15) is 41.6 Å². The summed E-state index contributed by atoms with van der Waals surface area (Å²) in [5.41, 5.74) is -0.597. The van der Waals surface area contributed by atoms with Crippen molar-refractivity contribution in [1.82, 2.24) is 10.0 Å². The number of benzene rings is 2. The molecule has 33 heavy (non-hydrogen) atoms. The Morgan fingerprint density at radius 2 is 1.58 bits per heavy atom. The van der Waals surface area contributed by atoms with Gasteiger partial charge in [-0.2, -0.15) is 5.01 Å². The molecule has 1 saturated carbocycles. The van der Waals surface area contributed by atoms with Gasteiger partial charge in [0.25, 0.3) is 29.1 Å². The average molecular weight is 452 g/mol. The van der Waals surface area contributed by atoms with Gasteiger partial charge < -0.3 is 0 Å². The van der Waals surface area contributed by atoms with Gasteiger partial charge >= 0.3 is 0 Å². The van der Waals surface area contributed by atoms with E-state index in [1.165, 1.54) is 36.4 Å². The molecule has 1 aliphatic heterocycles. The van der Waals surface area contributed by atoms with Crippen molar-refractivity contribution in [1.29, 1.82) is 0 Å². The molecule has 0 N–H and O–H groups in total. The molecule has 1 saturated heterocycles. The lowest BCUT2D eigenvalue weighted by Gasteiger charge is -2.30. The first kappa shape index (κ1) is 22.1. The number of para-hydroxylation sites is 1. The summed E-state index contributed by atoms with van der Waals surface area (Å²) >= 11 is 0. The van der Waals surface area contributed by atoms with Gasteiger partial charge in [0.05, 0.1) is 33.8 Å². The summed E-state index contributed by atoms with van der Waals surface area (Å²) < 4.78 is 0. The first-order valence-corrected chi connectivity index (χ1v) is 10.5. The first-order valence-electron chi connectivity index (χ1n) is 10.5. The SMILES string of the molecule is O=C(c1cccc([N+](=O)[O-])c1)N(Cc1ccccc1[N+](=O)[O-])N1C(=O)[C@H]2CCCC[C@H]2C1=O. The van der Waals surface area contributed by atoms with Gasteiger partial charge in [0.1, 0.15) is 0 Å². The Balaban J connectivity index is 1.78. The number of nitrogens with zero attached hydrogens (tertiary/aromatic N) is 4. The van der Waals surface area contributed by atoms with Crippen LogP contribution in [0.5, 0.6) is 0 Å². The Labute approximate surface area is 187 Å². The molecule has 0 aromatic heterocycles. The second-order valence-electron chi connectivity index (χ2n) is 8.04. The predicted octanol–water partition coefficient (Wildman–Crippen LogP) is 3.24. The molecule has 170 valence electrons. The summed E-state index contributed by atoms with van der Waals surface area (Å²) in [6.45, 7) is -0.421. The molecule has 0 radical (unpaired) electrons. The molecule has 0 bridgehead atoms. The second kappa shape index (κ2) is 8.77. The number of hydrogen-bond acceptors (Lipinski definition) is 7. The van der Waals surface area contributed by atoms with Crippen molar-refractivity contribution in [3.63, 3.8) is 0 Å². The molecule has 4 rings (SSSR count). The Morgan fingerprint density at radius 3 is 2.18 bits per heavy atom. The van der Waals surface area contributed by atoms with Gasteiger partial charge in [-0.05, 0) is 18.9 Å². The second-order valence-corrected chi connectivity index (χ2v) is 8.04. The smallest absolute Gasteiger partial charge is 0.272 e. The lowest BCUT2D eigenvalue weighted by molar-refractivity contribution is -0.385. The van der Waals surface area contributed by atoms with E-state index in [4.69, 9.17) is 0 Å². The van der Waals surface area contributed by atoms with Crippen LogP contribution in [0.3, 0.4) is 0 Å². The Morgan fingerprint density at radius 1 is 0.939 bits per heavy atom. The van der Waals surface area contributed by atoms with Crippen molar-refractivity contribution in [3.05, 3.63) is 79.9 Å². The summed E-state index contributed by atoms with van der Waals surface area (Å²) in [7, 11) is 0. The standard InChI is InChI=1S/C22H20N4O7/c27-20(14-7-5-8-16(12-14)25(30)31)23(13-15-6-1-4-11-19(15)26(32)33)24-21(28)17-9-2-3-10-18(17)22(24)29/h1,4-8,11-12,17-18H,2-3,9-10,13H2/t17-,18+. The molecule has 11 nitrogen and oxygen atoms in total. The van der Waals surface area contributed by atoms with Gasteiger partial charge in [-0.25, -0.2) is 5.01 Å². The number of hydrazine groups is 1. The fourth-order valence-electron chi connectivity index (χ4n) is 4.50. The van der Waals surface area contributed by atoms with Gasteiger partial charge in [-0.3, -0.25) is 34.6 Å². The van der Waals surface area contributed by atoms with Gasteiger partial charge in [-0.1, -0.05) is 37.1 Å². The molecular formula is C22H20N4O7. The molecule has 2 fully saturated rings. The first-order chi connectivity index (χ1) is 15.8. The van der Waals surface area contributed by atoms with Crippen LogP contribution in [0, 0.1) is 32.1 Å². The zero-order valence-electron chi connectivity index (χ0n) is 17.5. The predicted molar refractivity (Wildman–Crippen MR) is 113 cm³/mol. The number of nitro benzene ring substituents is 2. The van der Waals surface area contributed by atoms with Crippen LogP contribution in [-0.4, -0.2) is 37.6 Å². The molecule has 0 spiro atoms. The third-order valence-electron chi connectivity index (χ3n) is 6.11. The molecule has 2 atom stereocenters. The third kappa shape index (κ3) is 4.04. The molecule has 1 aliphatic carbocycles. The number of non-ortho nitro benzene ring substituents is 1. The quantitative estimate of drug-likeness (QED) is 0.372. The third-order valence-corrected chi connectivity index (χ3v) is 6.11.